The Morgan fingerprint density at radius 2 is 2.08 bits per heavy atom. The Kier molecular flexibility index (Phi) is 4.62. The fourth-order valence-corrected chi connectivity index (χ4v) is 3.49. The number of fused-ring (bicyclic) bond motifs is 1. The highest BCUT2D eigenvalue weighted by atomic mass is 79.9. The highest BCUT2D eigenvalue weighted by Crippen LogP contribution is 2.31. The Balaban J connectivity index is 1.63. The summed E-state index contributed by atoms with van der Waals surface area (Å²) in [6.45, 7) is 0.197. The second kappa shape index (κ2) is 6.54. The van der Waals surface area contributed by atoms with Crippen LogP contribution in [0.4, 0.5) is 0 Å². The van der Waals surface area contributed by atoms with Gasteiger partial charge in [-0.1, -0.05) is 28.1 Å². The zero-order valence-electron chi connectivity index (χ0n) is 12.5. The molecule has 1 atom stereocenters. The molecule has 2 aromatic carbocycles. The van der Waals surface area contributed by atoms with Crippen molar-refractivity contribution in [1.29, 1.82) is 0 Å². The number of rotatable bonds is 4. The van der Waals surface area contributed by atoms with Crippen molar-refractivity contribution >= 4 is 31.9 Å². The van der Waals surface area contributed by atoms with Crippen LogP contribution in [0.1, 0.15) is 11.1 Å². The molecule has 1 aliphatic rings. The van der Waals surface area contributed by atoms with E-state index in [0.717, 1.165) is 10.0 Å². The van der Waals surface area contributed by atoms with E-state index in [0.29, 0.717) is 17.7 Å². The van der Waals surface area contributed by atoms with Crippen LogP contribution in [0.25, 0.3) is 0 Å². The molecule has 1 heterocycles. The lowest BCUT2D eigenvalue weighted by atomic mass is 10.1. The second-order valence-corrected chi connectivity index (χ2v) is 7.95. The predicted octanol–water partition coefficient (Wildman–Crippen LogP) is 1.72. The van der Waals surface area contributed by atoms with Gasteiger partial charge in [0.2, 0.25) is 10.0 Å². The van der Waals surface area contributed by atoms with Gasteiger partial charge < -0.3 is 10.1 Å². The number of benzene rings is 2. The number of sulfonamides is 1. The molecular weight excluding hydrogens is 396 g/mol. The number of nitrogens with one attached hydrogen (secondary N) is 1. The molecule has 0 aromatic heterocycles. The molecule has 3 N–H and O–H groups in total. The number of hydrogen-bond donors (Lipinski definition) is 2. The van der Waals surface area contributed by atoms with Crippen LogP contribution in [0.2, 0.25) is 0 Å². The van der Waals surface area contributed by atoms with Crippen LogP contribution in [0.15, 0.2) is 51.8 Å². The SMILES string of the molecule is NS(=O)(=O)c1cccc(CNC(=O)C2Cc3cc(Br)ccc3O2)c1. The van der Waals surface area contributed by atoms with Crippen molar-refractivity contribution in [3.63, 3.8) is 0 Å². The first-order valence-corrected chi connectivity index (χ1v) is 9.51. The summed E-state index contributed by atoms with van der Waals surface area (Å²) in [6.07, 6.45) is -0.0894. The third-order valence-corrected chi connectivity index (χ3v) is 5.09. The predicted molar refractivity (Wildman–Crippen MR) is 91.9 cm³/mol. The van der Waals surface area contributed by atoms with Gasteiger partial charge in [-0.15, -0.1) is 0 Å². The molecule has 0 fully saturated rings. The molecule has 1 amide bonds. The Bertz CT molecular complexity index is 899. The monoisotopic (exact) mass is 410 g/mol. The van der Waals surface area contributed by atoms with E-state index in [1.165, 1.54) is 12.1 Å². The van der Waals surface area contributed by atoms with Crippen molar-refractivity contribution in [2.45, 2.75) is 24.0 Å². The van der Waals surface area contributed by atoms with Crippen molar-refractivity contribution in [2.75, 3.05) is 0 Å². The maximum atomic E-state index is 12.3. The van der Waals surface area contributed by atoms with E-state index in [2.05, 4.69) is 21.2 Å². The number of carbonyl (C=O) groups excluding carboxylic acids is 1. The molecular formula is C16H15BrN2O4S. The zero-order chi connectivity index (χ0) is 17.3. The van der Waals surface area contributed by atoms with Crippen LogP contribution in [-0.4, -0.2) is 20.4 Å². The van der Waals surface area contributed by atoms with Gasteiger partial charge in [0.15, 0.2) is 6.10 Å². The quantitative estimate of drug-likeness (QED) is 0.801. The van der Waals surface area contributed by atoms with Crippen molar-refractivity contribution in [1.82, 2.24) is 5.32 Å². The van der Waals surface area contributed by atoms with E-state index in [1.54, 1.807) is 12.1 Å². The molecule has 3 rings (SSSR count). The average Bonchev–Trinajstić information content (AvgIpc) is 2.95. The lowest BCUT2D eigenvalue weighted by molar-refractivity contribution is -0.127. The lowest BCUT2D eigenvalue weighted by Gasteiger charge is -2.11. The Morgan fingerprint density at radius 1 is 1.29 bits per heavy atom. The fourth-order valence-electron chi connectivity index (χ4n) is 2.50. The van der Waals surface area contributed by atoms with Crippen LogP contribution in [0, 0.1) is 0 Å². The minimum absolute atomic E-state index is 0.0172. The minimum atomic E-state index is -3.76. The Hall–Kier alpha value is -1.90. The number of primary sulfonamides is 1. The van der Waals surface area contributed by atoms with Gasteiger partial charge in [0.25, 0.3) is 5.91 Å². The van der Waals surface area contributed by atoms with Gasteiger partial charge in [-0.3, -0.25) is 4.79 Å². The number of ether oxygens (including phenoxy) is 1. The summed E-state index contributed by atoms with van der Waals surface area (Å²) >= 11 is 3.39. The number of carbonyl (C=O) groups is 1. The largest absolute Gasteiger partial charge is 0.480 e. The summed E-state index contributed by atoms with van der Waals surface area (Å²) in [5.41, 5.74) is 1.62. The van der Waals surface area contributed by atoms with E-state index in [-0.39, 0.29) is 17.3 Å². The van der Waals surface area contributed by atoms with Gasteiger partial charge in [0.05, 0.1) is 4.90 Å². The molecule has 1 unspecified atom stereocenters. The molecule has 6 nitrogen and oxygen atoms in total. The number of nitrogens with two attached hydrogens (primary N) is 1. The number of amides is 1. The van der Waals surface area contributed by atoms with Gasteiger partial charge in [-0.2, -0.15) is 0 Å². The molecule has 0 spiro atoms. The topological polar surface area (TPSA) is 98.5 Å². The normalized spacial score (nSPS) is 16.3. The minimum Gasteiger partial charge on any atom is -0.480 e. The number of hydrogen-bond acceptors (Lipinski definition) is 4. The van der Waals surface area contributed by atoms with Gasteiger partial charge in [0.1, 0.15) is 5.75 Å². The first kappa shape index (κ1) is 16.9. The summed E-state index contributed by atoms with van der Waals surface area (Å²) in [6, 6.07) is 11.8. The van der Waals surface area contributed by atoms with Crippen molar-refractivity contribution < 1.29 is 17.9 Å². The highest BCUT2D eigenvalue weighted by Gasteiger charge is 2.28. The Labute approximate surface area is 148 Å². The Morgan fingerprint density at radius 3 is 2.83 bits per heavy atom. The molecule has 126 valence electrons. The third-order valence-electron chi connectivity index (χ3n) is 3.68. The first-order chi connectivity index (χ1) is 11.3. The maximum Gasteiger partial charge on any atom is 0.261 e. The van der Waals surface area contributed by atoms with Crippen LogP contribution in [-0.2, 0) is 27.8 Å². The summed E-state index contributed by atoms with van der Waals surface area (Å²) in [4.78, 5) is 12.3. The van der Waals surface area contributed by atoms with Crippen LogP contribution in [0.5, 0.6) is 5.75 Å². The van der Waals surface area contributed by atoms with E-state index < -0.39 is 16.1 Å². The molecule has 0 radical (unpaired) electrons. The van der Waals surface area contributed by atoms with Crippen molar-refractivity contribution in [3.8, 4) is 5.75 Å². The zero-order valence-corrected chi connectivity index (χ0v) is 14.9. The van der Waals surface area contributed by atoms with Crippen molar-refractivity contribution in [3.05, 3.63) is 58.1 Å². The summed E-state index contributed by atoms with van der Waals surface area (Å²) < 4.78 is 29.3. The lowest BCUT2D eigenvalue weighted by Crippen LogP contribution is -2.37. The van der Waals surface area contributed by atoms with E-state index in [1.807, 2.05) is 18.2 Å². The summed E-state index contributed by atoms with van der Waals surface area (Å²) in [5, 5.41) is 7.86. The van der Waals surface area contributed by atoms with Crippen molar-refractivity contribution in [2.24, 2.45) is 5.14 Å². The molecule has 0 saturated heterocycles. The third kappa shape index (κ3) is 3.77. The van der Waals surface area contributed by atoms with E-state index in [4.69, 9.17) is 9.88 Å². The summed E-state index contributed by atoms with van der Waals surface area (Å²) in [5.74, 6) is 0.456. The van der Waals surface area contributed by atoms with Crippen LogP contribution < -0.4 is 15.2 Å². The van der Waals surface area contributed by atoms with Gasteiger partial charge >= 0.3 is 0 Å². The maximum absolute atomic E-state index is 12.3. The van der Waals surface area contributed by atoms with Gasteiger partial charge in [-0.25, -0.2) is 13.6 Å². The smallest absolute Gasteiger partial charge is 0.261 e. The molecule has 2 aromatic rings. The second-order valence-electron chi connectivity index (χ2n) is 5.47. The van der Waals surface area contributed by atoms with E-state index in [9.17, 15) is 13.2 Å². The first-order valence-electron chi connectivity index (χ1n) is 7.17. The molecule has 0 bridgehead atoms. The standard InChI is InChI=1S/C16H15BrN2O4S/c17-12-4-5-14-11(7-12)8-15(23-14)16(20)19-9-10-2-1-3-13(6-10)24(18,21)22/h1-7,15H,8-9H2,(H,19,20)(H2,18,21,22). The van der Waals surface area contributed by atoms with Gasteiger partial charge in [0, 0.05) is 17.4 Å². The molecule has 0 saturated carbocycles. The molecule has 1 aliphatic heterocycles. The van der Waals surface area contributed by atoms with Gasteiger partial charge in [-0.05, 0) is 41.5 Å². The van der Waals surface area contributed by atoms with E-state index >= 15 is 0 Å². The van der Waals surface area contributed by atoms with Crippen LogP contribution >= 0.6 is 15.9 Å². The molecule has 24 heavy (non-hydrogen) atoms. The summed E-state index contributed by atoms with van der Waals surface area (Å²) in [7, 11) is -3.76. The number of halogens is 1. The highest BCUT2D eigenvalue weighted by molar-refractivity contribution is 9.10. The average molecular weight is 411 g/mol. The fraction of sp³-hybridized carbons (Fsp3) is 0.188. The molecule has 0 aliphatic carbocycles. The molecule has 8 heteroatoms. The van der Waals surface area contributed by atoms with Crippen LogP contribution in [0.3, 0.4) is 0 Å².